The first-order valence-corrected chi connectivity index (χ1v) is 6.86. The molecule has 2 aromatic carbocycles. The largest absolute Gasteiger partial charge is 0.457 e. The van der Waals surface area contributed by atoms with Gasteiger partial charge >= 0.3 is 6.01 Å². The molecule has 104 valence electrons. The quantitative estimate of drug-likeness (QED) is 0.800. The summed E-state index contributed by atoms with van der Waals surface area (Å²) < 4.78 is 7.47. The monoisotopic (exact) mass is 278 g/mol. The van der Waals surface area contributed by atoms with Gasteiger partial charge in [-0.05, 0) is 17.2 Å². The second-order valence-corrected chi connectivity index (χ2v) is 4.89. The third-order valence-electron chi connectivity index (χ3n) is 3.46. The first-order chi connectivity index (χ1) is 10.4. The molecule has 0 spiro atoms. The molecule has 0 saturated heterocycles. The van der Waals surface area contributed by atoms with Gasteiger partial charge in [0.15, 0.2) is 0 Å². The molecule has 0 saturated carbocycles. The van der Waals surface area contributed by atoms with Gasteiger partial charge in [0.05, 0.1) is 5.69 Å². The van der Waals surface area contributed by atoms with Crippen molar-refractivity contribution in [1.29, 1.82) is 0 Å². The van der Waals surface area contributed by atoms with Crippen molar-refractivity contribution < 1.29 is 4.74 Å². The van der Waals surface area contributed by atoms with Crippen molar-refractivity contribution in [2.75, 3.05) is 5.32 Å². The first-order valence-electron chi connectivity index (χ1n) is 6.86. The lowest BCUT2D eigenvalue weighted by atomic mass is 10.1. The van der Waals surface area contributed by atoms with Crippen LogP contribution in [0.2, 0.25) is 0 Å². The fourth-order valence-corrected chi connectivity index (χ4v) is 2.40. The Kier molecular flexibility index (Phi) is 2.81. The predicted molar refractivity (Wildman–Crippen MR) is 79.5 cm³/mol. The lowest BCUT2D eigenvalue weighted by Crippen LogP contribution is -2.15. The fraction of sp³-hybridized carbons (Fsp3) is 0.125. The normalized spacial score (nSPS) is 12.2. The van der Waals surface area contributed by atoms with Crippen LogP contribution in [-0.4, -0.2) is 14.8 Å². The molecule has 5 nitrogen and oxygen atoms in total. The van der Waals surface area contributed by atoms with Gasteiger partial charge < -0.3 is 10.1 Å². The van der Waals surface area contributed by atoms with E-state index in [0.29, 0.717) is 12.6 Å². The predicted octanol–water partition coefficient (Wildman–Crippen LogP) is 2.77. The maximum absolute atomic E-state index is 5.68. The number of hydrogen-bond acceptors (Lipinski definition) is 4. The van der Waals surface area contributed by atoms with Crippen molar-refractivity contribution in [2.24, 2.45) is 0 Å². The van der Waals surface area contributed by atoms with E-state index in [1.54, 1.807) is 4.68 Å². The average molecular weight is 278 g/mol. The zero-order valence-electron chi connectivity index (χ0n) is 11.4. The minimum atomic E-state index is 0.387. The van der Waals surface area contributed by atoms with Gasteiger partial charge in [-0.25, -0.2) is 0 Å². The molecular formula is C16H14N4O. The van der Waals surface area contributed by atoms with E-state index in [2.05, 4.69) is 21.5 Å². The first kappa shape index (κ1) is 12.0. The van der Waals surface area contributed by atoms with Gasteiger partial charge in [-0.3, -0.25) is 0 Å². The average Bonchev–Trinajstić information content (AvgIpc) is 2.97. The lowest BCUT2D eigenvalue weighted by molar-refractivity contribution is 0.281. The summed E-state index contributed by atoms with van der Waals surface area (Å²) in [5.74, 6) is 0.719. The Balaban J connectivity index is 1.59. The van der Waals surface area contributed by atoms with E-state index in [1.807, 2.05) is 48.5 Å². The highest BCUT2D eigenvalue weighted by atomic mass is 16.5. The van der Waals surface area contributed by atoms with Gasteiger partial charge in [0.25, 0.3) is 0 Å². The van der Waals surface area contributed by atoms with Crippen molar-refractivity contribution in [3.63, 3.8) is 0 Å². The SMILES string of the molecule is c1ccc(COc2nc3n(n2)-c2ccccc2CN3)cc1. The molecule has 1 aliphatic rings. The number of fused-ring (bicyclic) bond motifs is 3. The molecule has 1 aromatic heterocycles. The zero-order valence-corrected chi connectivity index (χ0v) is 11.4. The summed E-state index contributed by atoms with van der Waals surface area (Å²) in [6.07, 6.45) is 0. The highest BCUT2D eigenvalue weighted by molar-refractivity contribution is 5.51. The summed E-state index contributed by atoms with van der Waals surface area (Å²) in [4.78, 5) is 4.38. The van der Waals surface area contributed by atoms with Crippen LogP contribution in [0.5, 0.6) is 6.01 Å². The lowest BCUT2D eigenvalue weighted by Gasteiger charge is -2.17. The highest BCUT2D eigenvalue weighted by Crippen LogP contribution is 2.25. The molecule has 2 heterocycles. The molecule has 0 aliphatic carbocycles. The maximum Gasteiger partial charge on any atom is 0.338 e. The van der Waals surface area contributed by atoms with E-state index in [9.17, 15) is 0 Å². The number of anilines is 1. The topological polar surface area (TPSA) is 52.0 Å². The van der Waals surface area contributed by atoms with E-state index in [-0.39, 0.29) is 0 Å². The number of nitrogens with zero attached hydrogens (tertiary/aromatic N) is 3. The molecule has 0 amide bonds. The van der Waals surface area contributed by atoms with Crippen LogP contribution >= 0.6 is 0 Å². The van der Waals surface area contributed by atoms with Crippen LogP contribution in [0.3, 0.4) is 0 Å². The third kappa shape index (κ3) is 2.23. The number of nitrogens with one attached hydrogen (secondary N) is 1. The Labute approximate surface area is 122 Å². The molecular weight excluding hydrogens is 264 g/mol. The molecule has 4 rings (SSSR count). The number of rotatable bonds is 3. The summed E-state index contributed by atoms with van der Waals surface area (Å²) in [5.41, 5.74) is 3.34. The van der Waals surface area contributed by atoms with Crippen molar-refractivity contribution in [3.05, 3.63) is 65.7 Å². The second kappa shape index (κ2) is 4.94. The van der Waals surface area contributed by atoms with Gasteiger partial charge in [0.1, 0.15) is 6.61 Å². The Hall–Kier alpha value is -2.82. The molecule has 0 unspecified atom stereocenters. The van der Waals surface area contributed by atoms with E-state index >= 15 is 0 Å². The maximum atomic E-state index is 5.68. The summed E-state index contributed by atoms with van der Waals surface area (Å²) in [5, 5.41) is 7.67. The molecule has 21 heavy (non-hydrogen) atoms. The van der Waals surface area contributed by atoms with E-state index < -0.39 is 0 Å². The summed E-state index contributed by atoms with van der Waals surface area (Å²) >= 11 is 0. The smallest absolute Gasteiger partial charge is 0.338 e. The minimum absolute atomic E-state index is 0.387. The van der Waals surface area contributed by atoms with Gasteiger partial charge in [-0.15, -0.1) is 5.10 Å². The molecule has 0 atom stereocenters. The van der Waals surface area contributed by atoms with Crippen molar-refractivity contribution >= 4 is 5.95 Å². The molecule has 5 heteroatoms. The molecule has 0 bridgehead atoms. The Bertz CT molecular complexity index is 767. The number of para-hydroxylation sites is 1. The molecule has 3 aromatic rings. The van der Waals surface area contributed by atoms with Crippen LogP contribution in [0.1, 0.15) is 11.1 Å². The van der Waals surface area contributed by atoms with Crippen LogP contribution in [0.4, 0.5) is 5.95 Å². The second-order valence-electron chi connectivity index (χ2n) is 4.89. The van der Waals surface area contributed by atoms with Crippen LogP contribution in [-0.2, 0) is 13.2 Å². The van der Waals surface area contributed by atoms with Crippen molar-refractivity contribution in [1.82, 2.24) is 14.8 Å². The number of aromatic nitrogens is 3. The summed E-state index contributed by atoms with van der Waals surface area (Å²) in [7, 11) is 0. The van der Waals surface area contributed by atoms with Crippen LogP contribution in [0.25, 0.3) is 5.69 Å². The standard InChI is InChI=1S/C16H14N4O/c1-2-6-12(7-3-1)11-21-16-18-15-17-10-13-8-4-5-9-14(13)20(15)19-16/h1-9H,10-11H2,(H,17,18,19). The van der Waals surface area contributed by atoms with E-state index in [1.165, 1.54) is 5.56 Å². The van der Waals surface area contributed by atoms with Gasteiger partial charge in [0.2, 0.25) is 5.95 Å². The van der Waals surface area contributed by atoms with Crippen LogP contribution in [0.15, 0.2) is 54.6 Å². The van der Waals surface area contributed by atoms with E-state index in [0.717, 1.165) is 23.7 Å². The van der Waals surface area contributed by atoms with Gasteiger partial charge in [-0.2, -0.15) is 9.67 Å². The minimum Gasteiger partial charge on any atom is -0.457 e. The molecule has 1 N–H and O–H groups in total. The number of ether oxygens (including phenoxy) is 1. The molecule has 0 fully saturated rings. The van der Waals surface area contributed by atoms with Crippen molar-refractivity contribution in [3.8, 4) is 11.7 Å². The van der Waals surface area contributed by atoms with Gasteiger partial charge in [-0.1, -0.05) is 48.5 Å². The van der Waals surface area contributed by atoms with E-state index in [4.69, 9.17) is 4.74 Å². The summed E-state index contributed by atoms with van der Waals surface area (Å²) in [6, 6.07) is 18.5. The van der Waals surface area contributed by atoms with Crippen molar-refractivity contribution in [2.45, 2.75) is 13.2 Å². The summed E-state index contributed by atoms with van der Waals surface area (Å²) in [6.45, 7) is 1.22. The van der Waals surface area contributed by atoms with Crippen LogP contribution < -0.4 is 10.1 Å². The number of hydrogen-bond donors (Lipinski definition) is 1. The number of benzene rings is 2. The Morgan fingerprint density at radius 3 is 2.76 bits per heavy atom. The zero-order chi connectivity index (χ0) is 14.1. The van der Waals surface area contributed by atoms with Gasteiger partial charge in [0, 0.05) is 6.54 Å². The Morgan fingerprint density at radius 1 is 1.05 bits per heavy atom. The highest BCUT2D eigenvalue weighted by Gasteiger charge is 2.19. The third-order valence-corrected chi connectivity index (χ3v) is 3.46. The molecule has 0 radical (unpaired) electrons. The molecule has 1 aliphatic heterocycles. The Morgan fingerprint density at radius 2 is 1.86 bits per heavy atom. The fourth-order valence-electron chi connectivity index (χ4n) is 2.40. The van der Waals surface area contributed by atoms with Crippen LogP contribution in [0, 0.1) is 0 Å².